The minimum absolute atomic E-state index is 0.362. The van der Waals surface area contributed by atoms with Crippen molar-refractivity contribution in [1.82, 2.24) is 4.98 Å². The first kappa shape index (κ1) is 14.5. The molecule has 0 atom stereocenters. The van der Waals surface area contributed by atoms with Crippen LogP contribution in [0.5, 0.6) is 5.75 Å². The molecule has 2 aromatic rings. The monoisotopic (exact) mass is 288 g/mol. The topological polar surface area (TPSA) is 55.1 Å². The Morgan fingerprint density at radius 1 is 1.25 bits per heavy atom. The van der Waals surface area contributed by atoms with Gasteiger partial charge in [0.25, 0.3) is 0 Å². The van der Waals surface area contributed by atoms with Crippen LogP contribution in [0.15, 0.2) is 24.3 Å². The SMILES string of the molecule is COCc1nc(COc2ccc(C)cc2)sc1CC#N. The Morgan fingerprint density at radius 2 is 2.00 bits per heavy atom. The summed E-state index contributed by atoms with van der Waals surface area (Å²) >= 11 is 1.51. The molecular formula is C15H16N2O2S. The Morgan fingerprint density at radius 3 is 2.65 bits per heavy atom. The minimum atomic E-state index is 0.362. The van der Waals surface area contributed by atoms with Crippen molar-refractivity contribution in [2.75, 3.05) is 7.11 Å². The van der Waals surface area contributed by atoms with Crippen LogP contribution in [0.4, 0.5) is 0 Å². The van der Waals surface area contributed by atoms with Crippen molar-refractivity contribution >= 4 is 11.3 Å². The number of aromatic nitrogens is 1. The molecule has 4 nitrogen and oxygen atoms in total. The Bertz CT molecular complexity index is 599. The molecule has 1 aromatic carbocycles. The largest absolute Gasteiger partial charge is 0.486 e. The first-order chi connectivity index (χ1) is 9.72. The van der Waals surface area contributed by atoms with Crippen LogP contribution in [0.1, 0.15) is 21.1 Å². The molecule has 0 radical (unpaired) electrons. The van der Waals surface area contributed by atoms with E-state index in [-0.39, 0.29) is 0 Å². The fourth-order valence-electron chi connectivity index (χ4n) is 1.74. The minimum Gasteiger partial charge on any atom is -0.486 e. The van der Waals surface area contributed by atoms with E-state index in [1.807, 2.05) is 31.2 Å². The summed E-state index contributed by atoms with van der Waals surface area (Å²) in [6.45, 7) is 2.88. The molecule has 104 valence electrons. The molecule has 5 heteroatoms. The number of aryl methyl sites for hydroxylation is 1. The lowest BCUT2D eigenvalue weighted by Gasteiger charge is -2.03. The third kappa shape index (κ3) is 3.80. The summed E-state index contributed by atoms with van der Waals surface area (Å²) in [5.41, 5.74) is 2.03. The van der Waals surface area contributed by atoms with E-state index in [1.54, 1.807) is 7.11 Å². The highest BCUT2D eigenvalue weighted by atomic mass is 32.1. The quantitative estimate of drug-likeness (QED) is 0.818. The molecule has 0 aliphatic carbocycles. The van der Waals surface area contributed by atoms with Gasteiger partial charge >= 0.3 is 0 Å². The fourth-order valence-corrected chi connectivity index (χ4v) is 2.65. The predicted octanol–water partition coefficient (Wildman–Crippen LogP) is 3.24. The molecule has 0 aliphatic heterocycles. The maximum atomic E-state index is 8.81. The second-order valence-corrected chi connectivity index (χ2v) is 5.52. The third-order valence-corrected chi connectivity index (χ3v) is 3.80. The summed E-state index contributed by atoms with van der Waals surface area (Å²) in [6.07, 6.45) is 0.362. The third-order valence-electron chi connectivity index (χ3n) is 2.73. The summed E-state index contributed by atoms with van der Waals surface area (Å²) in [5, 5.41) is 9.68. The molecule has 2 rings (SSSR count). The van der Waals surface area contributed by atoms with Gasteiger partial charge in [-0.05, 0) is 19.1 Å². The molecule has 0 unspecified atom stereocenters. The standard InChI is InChI=1S/C15H16N2O2S/c1-11-3-5-12(6-4-11)19-10-15-17-13(9-18-2)14(20-15)7-8-16/h3-6H,7,9-10H2,1-2H3. The van der Waals surface area contributed by atoms with E-state index in [0.717, 1.165) is 21.3 Å². The van der Waals surface area contributed by atoms with Gasteiger partial charge in [0.1, 0.15) is 17.4 Å². The first-order valence-electron chi connectivity index (χ1n) is 6.25. The molecule has 1 heterocycles. The summed E-state index contributed by atoms with van der Waals surface area (Å²) in [4.78, 5) is 5.42. The van der Waals surface area contributed by atoms with Gasteiger partial charge in [0.2, 0.25) is 0 Å². The van der Waals surface area contributed by atoms with Crippen molar-refractivity contribution in [3.05, 3.63) is 45.4 Å². The average Bonchev–Trinajstić information content (AvgIpc) is 2.82. The van der Waals surface area contributed by atoms with E-state index < -0.39 is 0 Å². The summed E-state index contributed by atoms with van der Waals surface area (Å²) in [6, 6.07) is 10.0. The highest BCUT2D eigenvalue weighted by molar-refractivity contribution is 7.11. The second kappa shape index (κ2) is 7.04. The van der Waals surface area contributed by atoms with Crippen LogP contribution in [0.2, 0.25) is 0 Å². The van der Waals surface area contributed by atoms with Gasteiger partial charge in [-0.3, -0.25) is 0 Å². The van der Waals surface area contributed by atoms with E-state index in [2.05, 4.69) is 11.1 Å². The number of methoxy groups -OCH3 is 1. The lowest BCUT2D eigenvalue weighted by atomic mass is 10.2. The molecule has 0 aliphatic rings. The average molecular weight is 288 g/mol. The number of benzene rings is 1. The number of nitriles is 1. The van der Waals surface area contributed by atoms with Gasteiger partial charge < -0.3 is 9.47 Å². The van der Waals surface area contributed by atoms with Crippen molar-refractivity contribution in [2.24, 2.45) is 0 Å². The Hall–Kier alpha value is -1.90. The Kier molecular flexibility index (Phi) is 5.10. The number of hydrogen-bond acceptors (Lipinski definition) is 5. The smallest absolute Gasteiger partial charge is 0.140 e. The molecule has 0 bridgehead atoms. The maximum Gasteiger partial charge on any atom is 0.140 e. The van der Waals surface area contributed by atoms with Gasteiger partial charge in [-0.2, -0.15) is 5.26 Å². The fraction of sp³-hybridized carbons (Fsp3) is 0.333. The van der Waals surface area contributed by atoms with E-state index >= 15 is 0 Å². The van der Waals surface area contributed by atoms with Gasteiger partial charge in [0, 0.05) is 12.0 Å². The first-order valence-corrected chi connectivity index (χ1v) is 7.07. The van der Waals surface area contributed by atoms with Gasteiger partial charge in [-0.25, -0.2) is 4.98 Å². The zero-order chi connectivity index (χ0) is 14.4. The van der Waals surface area contributed by atoms with Crippen molar-refractivity contribution in [2.45, 2.75) is 26.6 Å². The number of thiazole rings is 1. The van der Waals surface area contributed by atoms with E-state index in [0.29, 0.717) is 19.6 Å². The molecule has 0 amide bonds. The zero-order valence-electron chi connectivity index (χ0n) is 11.5. The van der Waals surface area contributed by atoms with Crippen LogP contribution in [0, 0.1) is 18.3 Å². The van der Waals surface area contributed by atoms with Gasteiger partial charge in [-0.1, -0.05) is 17.7 Å². The molecule has 0 fully saturated rings. The molecular weight excluding hydrogens is 272 g/mol. The summed E-state index contributed by atoms with van der Waals surface area (Å²) in [7, 11) is 1.62. The lowest BCUT2D eigenvalue weighted by Crippen LogP contribution is -1.96. The van der Waals surface area contributed by atoms with Gasteiger partial charge in [0.05, 0.1) is 24.8 Å². The molecule has 0 N–H and O–H groups in total. The van der Waals surface area contributed by atoms with Crippen molar-refractivity contribution < 1.29 is 9.47 Å². The van der Waals surface area contributed by atoms with E-state index in [9.17, 15) is 0 Å². The highest BCUT2D eigenvalue weighted by Gasteiger charge is 2.11. The van der Waals surface area contributed by atoms with Crippen LogP contribution < -0.4 is 4.74 Å². The number of ether oxygens (including phenoxy) is 2. The van der Waals surface area contributed by atoms with E-state index in [4.69, 9.17) is 14.7 Å². The number of rotatable bonds is 6. The van der Waals surface area contributed by atoms with Crippen LogP contribution in [-0.2, 0) is 24.4 Å². The molecule has 20 heavy (non-hydrogen) atoms. The summed E-state index contributed by atoms with van der Waals surface area (Å²) < 4.78 is 10.8. The molecule has 1 aromatic heterocycles. The van der Waals surface area contributed by atoms with Crippen LogP contribution in [0.3, 0.4) is 0 Å². The van der Waals surface area contributed by atoms with Crippen LogP contribution in [-0.4, -0.2) is 12.1 Å². The predicted molar refractivity (Wildman–Crippen MR) is 77.7 cm³/mol. The Labute approximate surface area is 122 Å². The molecule has 0 spiro atoms. The highest BCUT2D eigenvalue weighted by Crippen LogP contribution is 2.22. The van der Waals surface area contributed by atoms with Gasteiger partial charge in [0.15, 0.2) is 0 Å². The lowest BCUT2D eigenvalue weighted by molar-refractivity contribution is 0.181. The van der Waals surface area contributed by atoms with Crippen molar-refractivity contribution in [3.8, 4) is 11.8 Å². The number of hydrogen-bond donors (Lipinski definition) is 0. The van der Waals surface area contributed by atoms with E-state index in [1.165, 1.54) is 16.9 Å². The van der Waals surface area contributed by atoms with Crippen molar-refractivity contribution in [1.29, 1.82) is 5.26 Å². The number of nitrogens with zero attached hydrogens (tertiary/aromatic N) is 2. The second-order valence-electron chi connectivity index (χ2n) is 4.35. The normalized spacial score (nSPS) is 10.2. The van der Waals surface area contributed by atoms with Crippen LogP contribution in [0.25, 0.3) is 0 Å². The summed E-state index contributed by atoms with van der Waals surface area (Å²) in [5.74, 6) is 0.820. The Balaban J connectivity index is 2.04. The maximum absolute atomic E-state index is 8.81. The zero-order valence-corrected chi connectivity index (χ0v) is 12.4. The molecule has 0 saturated heterocycles. The van der Waals surface area contributed by atoms with Crippen molar-refractivity contribution in [3.63, 3.8) is 0 Å². The van der Waals surface area contributed by atoms with Gasteiger partial charge in [-0.15, -0.1) is 11.3 Å². The van der Waals surface area contributed by atoms with Crippen LogP contribution >= 0.6 is 11.3 Å². The molecule has 0 saturated carbocycles.